The van der Waals surface area contributed by atoms with Crippen molar-refractivity contribution in [1.29, 1.82) is 0 Å². The summed E-state index contributed by atoms with van der Waals surface area (Å²) in [4.78, 5) is 24.1. The molecule has 0 fully saturated rings. The van der Waals surface area contributed by atoms with E-state index in [-0.39, 0.29) is 24.7 Å². The number of carbonyl (C=O) groups excluding carboxylic acids is 1. The molecule has 0 unspecified atom stereocenters. The third-order valence-corrected chi connectivity index (χ3v) is 3.15. The molecule has 0 heterocycles. The van der Waals surface area contributed by atoms with E-state index < -0.39 is 5.97 Å². The summed E-state index contributed by atoms with van der Waals surface area (Å²) < 4.78 is 0.487. The van der Waals surface area contributed by atoms with Gasteiger partial charge in [-0.2, -0.15) is 0 Å². The van der Waals surface area contributed by atoms with Gasteiger partial charge in [0.2, 0.25) is 0 Å². The molecule has 0 bridgehead atoms. The predicted molar refractivity (Wildman–Crippen MR) is 74.5 cm³/mol. The minimum absolute atomic E-state index is 0.111. The van der Waals surface area contributed by atoms with Crippen LogP contribution in [0.25, 0.3) is 0 Å². The van der Waals surface area contributed by atoms with Gasteiger partial charge in [0.05, 0.1) is 17.9 Å². The number of likely N-dealkylation sites (N-methyl/N-ethyl adjacent to an activating group) is 1. The molecule has 6 nitrogen and oxygen atoms in total. The molecule has 7 heteroatoms. The Labute approximate surface area is 119 Å². The standard InChI is InChI=1S/C12H15BrN2O4/c1-2-15(5-6-16)12(19)14-10-4-3-8(11(17)18)7-9(10)13/h3-4,7,16H,2,5-6H2,1H3,(H,14,19)(H,17,18). The second-order valence-electron chi connectivity index (χ2n) is 3.73. The van der Waals surface area contributed by atoms with Crippen molar-refractivity contribution in [3.63, 3.8) is 0 Å². The lowest BCUT2D eigenvalue weighted by Crippen LogP contribution is -2.36. The summed E-state index contributed by atoms with van der Waals surface area (Å²) in [5, 5.41) is 20.3. The van der Waals surface area contributed by atoms with Crippen LogP contribution in [0.3, 0.4) is 0 Å². The fraction of sp³-hybridized carbons (Fsp3) is 0.333. The first kappa shape index (κ1) is 15.5. The van der Waals surface area contributed by atoms with Crippen LogP contribution in [0, 0.1) is 0 Å². The van der Waals surface area contributed by atoms with Crippen LogP contribution < -0.4 is 5.32 Å². The van der Waals surface area contributed by atoms with Crippen molar-refractivity contribution in [2.45, 2.75) is 6.92 Å². The summed E-state index contributed by atoms with van der Waals surface area (Å²) in [5.74, 6) is -1.03. The molecule has 0 saturated heterocycles. The highest BCUT2D eigenvalue weighted by Crippen LogP contribution is 2.24. The maximum absolute atomic E-state index is 11.9. The Balaban J connectivity index is 2.82. The van der Waals surface area contributed by atoms with Gasteiger partial charge < -0.3 is 20.4 Å². The second kappa shape index (κ2) is 7.10. The number of carboxylic acid groups (broad SMARTS) is 1. The first-order chi connectivity index (χ1) is 8.99. The highest BCUT2D eigenvalue weighted by atomic mass is 79.9. The second-order valence-corrected chi connectivity index (χ2v) is 4.59. The van der Waals surface area contributed by atoms with Crippen molar-refractivity contribution >= 4 is 33.6 Å². The molecule has 0 spiro atoms. The van der Waals surface area contributed by atoms with Crippen LogP contribution in [0.5, 0.6) is 0 Å². The molecule has 0 saturated carbocycles. The number of aromatic carboxylic acids is 1. The molecule has 19 heavy (non-hydrogen) atoms. The summed E-state index contributed by atoms with van der Waals surface area (Å²) in [5.41, 5.74) is 0.610. The Hall–Kier alpha value is -1.60. The van der Waals surface area contributed by atoms with E-state index in [0.29, 0.717) is 16.7 Å². The number of aliphatic hydroxyl groups excluding tert-OH is 1. The van der Waals surface area contributed by atoms with E-state index >= 15 is 0 Å². The van der Waals surface area contributed by atoms with Crippen molar-refractivity contribution in [3.05, 3.63) is 28.2 Å². The largest absolute Gasteiger partial charge is 0.478 e. The number of benzene rings is 1. The number of halogens is 1. The highest BCUT2D eigenvalue weighted by molar-refractivity contribution is 9.10. The van der Waals surface area contributed by atoms with Crippen molar-refractivity contribution in [3.8, 4) is 0 Å². The lowest BCUT2D eigenvalue weighted by atomic mass is 10.2. The molecule has 104 valence electrons. The van der Waals surface area contributed by atoms with Crippen molar-refractivity contribution in [1.82, 2.24) is 4.90 Å². The number of hydrogen-bond acceptors (Lipinski definition) is 3. The normalized spacial score (nSPS) is 10.1. The number of urea groups is 1. The van der Waals surface area contributed by atoms with E-state index in [9.17, 15) is 9.59 Å². The van der Waals surface area contributed by atoms with Gasteiger partial charge >= 0.3 is 12.0 Å². The molecule has 0 aliphatic heterocycles. The average Bonchev–Trinajstić information content (AvgIpc) is 2.37. The fourth-order valence-corrected chi connectivity index (χ4v) is 1.95. The Bertz CT molecular complexity index is 479. The number of carboxylic acids is 1. The smallest absolute Gasteiger partial charge is 0.335 e. The molecule has 0 aromatic heterocycles. The Morgan fingerprint density at radius 2 is 2.11 bits per heavy atom. The average molecular weight is 331 g/mol. The summed E-state index contributed by atoms with van der Waals surface area (Å²) >= 11 is 3.21. The Kier molecular flexibility index (Phi) is 5.78. The van der Waals surface area contributed by atoms with Crippen molar-refractivity contribution in [2.75, 3.05) is 25.0 Å². The maximum Gasteiger partial charge on any atom is 0.335 e. The fourth-order valence-electron chi connectivity index (χ4n) is 1.47. The minimum atomic E-state index is -1.03. The number of aliphatic hydroxyl groups is 1. The summed E-state index contributed by atoms with van der Waals surface area (Å²) in [6.07, 6.45) is 0. The van der Waals surface area contributed by atoms with Crippen LogP contribution in [-0.4, -0.2) is 46.8 Å². The lowest BCUT2D eigenvalue weighted by molar-refractivity contribution is 0.0697. The third-order valence-electron chi connectivity index (χ3n) is 2.50. The minimum Gasteiger partial charge on any atom is -0.478 e. The van der Waals surface area contributed by atoms with E-state index in [2.05, 4.69) is 21.2 Å². The van der Waals surface area contributed by atoms with Crippen molar-refractivity contribution < 1.29 is 19.8 Å². The van der Waals surface area contributed by atoms with E-state index in [1.807, 2.05) is 0 Å². The number of nitrogens with zero attached hydrogens (tertiary/aromatic N) is 1. The van der Waals surface area contributed by atoms with Gasteiger partial charge in [0, 0.05) is 17.6 Å². The van der Waals surface area contributed by atoms with Gasteiger partial charge in [-0.3, -0.25) is 0 Å². The van der Waals surface area contributed by atoms with E-state index in [1.54, 1.807) is 6.92 Å². The van der Waals surface area contributed by atoms with Crippen LogP contribution in [0.15, 0.2) is 22.7 Å². The Morgan fingerprint density at radius 3 is 2.58 bits per heavy atom. The van der Waals surface area contributed by atoms with Crippen LogP contribution in [0.1, 0.15) is 17.3 Å². The summed E-state index contributed by atoms with van der Waals surface area (Å²) in [7, 11) is 0. The predicted octanol–water partition coefficient (Wildman–Crippen LogP) is 1.99. The maximum atomic E-state index is 11.9. The number of carbonyl (C=O) groups is 2. The van der Waals surface area contributed by atoms with Gasteiger partial charge in [0.15, 0.2) is 0 Å². The van der Waals surface area contributed by atoms with Gasteiger partial charge in [-0.15, -0.1) is 0 Å². The monoisotopic (exact) mass is 330 g/mol. The molecule has 1 aromatic rings. The zero-order valence-electron chi connectivity index (χ0n) is 10.4. The Morgan fingerprint density at radius 1 is 1.42 bits per heavy atom. The van der Waals surface area contributed by atoms with Crippen LogP contribution in [-0.2, 0) is 0 Å². The van der Waals surface area contributed by atoms with E-state index in [0.717, 1.165) is 0 Å². The molecule has 0 atom stereocenters. The van der Waals surface area contributed by atoms with E-state index in [1.165, 1.54) is 23.1 Å². The third kappa shape index (κ3) is 4.22. The first-order valence-corrected chi connectivity index (χ1v) is 6.48. The molecule has 2 amide bonds. The molecular weight excluding hydrogens is 316 g/mol. The number of rotatable bonds is 5. The van der Waals surface area contributed by atoms with Gasteiger partial charge in [-0.05, 0) is 41.1 Å². The van der Waals surface area contributed by atoms with Crippen molar-refractivity contribution in [2.24, 2.45) is 0 Å². The zero-order chi connectivity index (χ0) is 14.4. The number of nitrogens with one attached hydrogen (secondary N) is 1. The van der Waals surface area contributed by atoms with Crippen LogP contribution >= 0.6 is 15.9 Å². The van der Waals surface area contributed by atoms with Crippen LogP contribution in [0.4, 0.5) is 10.5 Å². The topological polar surface area (TPSA) is 89.9 Å². The van der Waals surface area contributed by atoms with Gasteiger partial charge in [-0.25, -0.2) is 9.59 Å². The number of amides is 2. The first-order valence-electron chi connectivity index (χ1n) is 5.69. The quantitative estimate of drug-likeness (QED) is 0.770. The molecule has 3 N–H and O–H groups in total. The molecule has 0 radical (unpaired) electrons. The lowest BCUT2D eigenvalue weighted by Gasteiger charge is -2.20. The zero-order valence-corrected chi connectivity index (χ0v) is 12.0. The molecular formula is C12H15BrN2O4. The molecule has 1 rings (SSSR count). The molecule has 0 aliphatic carbocycles. The van der Waals surface area contributed by atoms with Gasteiger partial charge in [0.25, 0.3) is 0 Å². The molecule has 0 aliphatic rings. The summed E-state index contributed by atoms with van der Waals surface area (Å²) in [6.45, 7) is 2.41. The number of hydrogen-bond donors (Lipinski definition) is 3. The highest BCUT2D eigenvalue weighted by Gasteiger charge is 2.13. The van der Waals surface area contributed by atoms with Gasteiger partial charge in [-0.1, -0.05) is 0 Å². The van der Waals surface area contributed by atoms with Crippen LogP contribution in [0.2, 0.25) is 0 Å². The van der Waals surface area contributed by atoms with E-state index in [4.69, 9.17) is 10.2 Å². The summed E-state index contributed by atoms with van der Waals surface area (Å²) in [6, 6.07) is 3.99. The molecule has 1 aromatic carbocycles. The number of anilines is 1. The SMILES string of the molecule is CCN(CCO)C(=O)Nc1ccc(C(=O)O)cc1Br. The van der Waals surface area contributed by atoms with Gasteiger partial charge in [0.1, 0.15) is 0 Å².